The molecule has 0 aliphatic heterocycles. The third-order valence-electron chi connectivity index (χ3n) is 0.287. The summed E-state index contributed by atoms with van der Waals surface area (Å²) in [5.74, 6) is 0. The van der Waals surface area contributed by atoms with Crippen molar-refractivity contribution < 1.29 is 4.74 Å². The Bertz CT molecular complexity index is 51.5. The maximum absolute atomic E-state index is 5.01. The summed E-state index contributed by atoms with van der Waals surface area (Å²) in [4.78, 5) is 0.400. The third kappa shape index (κ3) is 4.05. The average Bonchev–Trinajstić information content (AvgIpc) is 1.35. The molecular formula is C4H6OS. The lowest BCUT2D eigenvalue weighted by Crippen LogP contribution is -1.96. The van der Waals surface area contributed by atoms with E-state index in [9.17, 15) is 0 Å². The summed E-state index contributed by atoms with van der Waals surface area (Å²) in [6, 6.07) is 0. The highest BCUT2D eigenvalue weighted by Crippen LogP contribution is 1.71. The van der Waals surface area contributed by atoms with E-state index >= 15 is 0 Å². The average molecular weight is 102 g/mol. The first kappa shape index (κ1) is 6.05. The first-order valence-corrected chi connectivity index (χ1v) is 1.95. The molecule has 0 N–H and O–H groups in total. The van der Waals surface area contributed by atoms with Gasteiger partial charge in [0.05, 0.1) is 6.61 Å². The zero-order chi connectivity index (χ0) is 4.99. The Morgan fingerprint density at radius 1 is 2.00 bits per heavy atom. The molecule has 0 aliphatic rings. The van der Waals surface area contributed by atoms with E-state index in [4.69, 9.17) is 6.92 Å². The molecule has 0 aromatic carbocycles. The van der Waals surface area contributed by atoms with E-state index in [1.165, 1.54) is 0 Å². The van der Waals surface area contributed by atoms with Gasteiger partial charge in [-0.05, 0) is 0 Å². The first-order valence-electron chi connectivity index (χ1n) is 1.54. The quantitative estimate of drug-likeness (QED) is 0.475. The lowest BCUT2D eigenvalue weighted by atomic mass is 10.5. The number of hydrogen-bond acceptors (Lipinski definition) is 2. The number of ether oxygens (including phenoxy) is 1. The summed E-state index contributed by atoms with van der Waals surface area (Å²) < 4.78 is 4.54. The summed E-state index contributed by atoms with van der Waals surface area (Å²) in [6.45, 7) is 5.39. The van der Waals surface area contributed by atoms with Gasteiger partial charge in [0.1, 0.15) is 0 Å². The lowest BCUT2D eigenvalue weighted by molar-refractivity contribution is 0.247. The monoisotopic (exact) mass is 102 g/mol. The van der Waals surface area contributed by atoms with Crippen molar-refractivity contribution in [3.8, 4) is 0 Å². The molecule has 0 bridgehead atoms. The molecule has 0 aromatic rings. The van der Waals surface area contributed by atoms with Crippen LogP contribution in [0.25, 0.3) is 0 Å². The second-order valence-electron chi connectivity index (χ2n) is 0.899. The van der Waals surface area contributed by atoms with Crippen LogP contribution in [-0.2, 0) is 4.74 Å². The lowest BCUT2D eigenvalue weighted by Gasteiger charge is -1.87. The Hall–Kier alpha value is 0.0500. The van der Waals surface area contributed by atoms with E-state index in [-0.39, 0.29) is 0 Å². The van der Waals surface area contributed by atoms with Crippen molar-refractivity contribution >= 4 is 17.1 Å². The van der Waals surface area contributed by atoms with Gasteiger partial charge in [-0.3, -0.25) is 0 Å². The van der Waals surface area contributed by atoms with Gasteiger partial charge in [-0.2, -0.15) is 0 Å². The molecule has 1 nitrogen and oxygen atoms in total. The number of methoxy groups -OCH3 is 1. The number of thiocarbonyl (C=S) groups is 1. The molecule has 0 spiro atoms. The van der Waals surface area contributed by atoms with Crippen LogP contribution in [0, 0.1) is 6.92 Å². The summed E-state index contributed by atoms with van der Waals surface area (Å²) in [7, 11) is 1.55. The van der Waals surface area contributed by atoms with Crippen molar-refractivity contribution in [3.63, 3.8) is 0 Å². The topological polar surface area (TPSA) is 9.23 Å². The standard InChI is InChI=1S/C4H6OS/c1-4(6)3-5-2/h1H,3H2,2H3. The Balaban J connectivity index is 2.83. The largest absolute Gasteiger partial charge is 0.379 e. The van der Waals surface area contributed by atoms with Crippen molar-refractivity contribution in [3.05, 3.63) is 6.92 Å². The fourth-order valence-corrected chi connectivity index (χ4v) is 0.260. The van der Waals surface area contributed by atoms with Crippen LogP contribution in [0.2, 0.25) is 0 Å². The molecule has 6 heavy (non-hydrogen) atoms. The Kier molecular flexibility index (Phi) is 3.28. The molecule has 0 atom stereocenters. The van der Waals surface area contributed by atoms with Crippen LogP contribution < -0.4 is 0 Å². The van der Waals surface area contributed by atoms with E-state index in [1.807, 2.05) is 0 Å². The molecule has 2 radical (unpaired) electrons. The van der Waals surface area contributed by atoms with Gasteiger partial charge in [-0.25, -0.2) is 0 Å². The van der Waals surface area contributed by atoms with Crippen LogP contribution in [-0.4, -0.2) is 18.6 Å². The maximum atomic E-state index is 5.01. The summed E-state index contributed by atoms with van der Waals surface area (Å²) >= 11 is 4.45. The van der Waals surface area contributed by atoms with Crippen LogP contribution in [0.15, 0.2) is 0 Å². The molecule has 0 aromatic heterocycles. The molecule has 0 aliphatic carbocycles. The van der Waals surface area contributed by atoms with Gasteiger partial charge in [0.25, 0.3) is 0 Å². The molecule has 0 heterocycles. The smallest absolute Gasteiger partial charge is 0.0778 e. The molecule has 0 saturated carbocycles. The van der Waals surface area contributed by atoms with Crippen molar-refractivity contribution in [2.75, 3.05) is 13.7 Å². The SMILES string of the molecule is [CH]C(=S)COC. The van der Waals surface area contributed by atoms with Gasteiger partial charge in [0.2, 0.25) is 0 Å². The third-order valence-corrected chi connectivity index (χ3v) is 0.404. The van der Waals surface area contributed by atoms with Gasteiger partial charge < -0.3 is 4.74 Å². The highest BCUT2D eigenvalue weighted by Gasteiger charge is 1.79. The van der Waals surface area contributed by atoms with E-state index in [1.54, 1.807) is 7.11 Å². The van der Waals surface area contributed by atoms with E-state index in [2.05, 4.69) is 17.0 Å². The minimum atomic E-state index is 0.384. The molecule has 0 saturated heterocycles. The van der Waals surface area contributed by atoms with Gasteiger partial charge >= 0.3 is 0 Å². The second kappa shape index (κ2) is 3.25. The molecule has 34 valence electrons. The first-order chi connectivity index (χ1) is 2.77. The Labute approximate surface area is 43.3 Å². The summed E-state index contributed by atoms with van der Waals surface area (Å²) in [5.41, 5.74) is 0. The number of hydrogen-bond donors (Lipinski definition) is 0. The second-order valence-corrected chi connectivity index (χ2v) is 1.42. The Morgan fingerprint density at radius 2 is 2.50 bits per heavy atom. The zero-order valence-corrected chi connectivity index (χ0v) is 4.42. The normalized spacial score (nSPS) is 8.33. The van der Waals surface area contributed by atoms with Crippen LogP contribution >= 0.6 is 12.2 Å². The molecular weight excluding hydrogens is 96.1 g/mol. The van der Waals surface area contributed by atoms with E-state index in [0.717, 1.165) is 0 Å². The van der Waals surface area contributed by atoms with Crippen LogP contribution in [0.1, 0.15) is 0 Å². The molecule has 0 amide bonds. The minimum Gasteiger partial charge on any atom is -0.379 e. The maximum Gasteiger partial charge on any atom is 0.0778 e. The van der Waals surface area contributed by atoms with Crippen LogP contribution in [0.4, 0.5) is 0 Å². The zero-order valence-electron chi connectivity index (χ0n) is 3.60. The van der Waals surface area contributed by atoms with Crippen molar-refractivity contribution in [2.45, 2.75) is 0 Å². The van der Waals surface area contributed by atoms with Gasteiger partial charge in [-0.1, -0.05) is 12.2 Å². The predicted molar refractivity (Wildman–Crippen MR) is 28.8 cm³/mol. The van der Waals surface area contributed by atoms with Gasteiger partial charge in [0.15, 0.2) is 0 Å². The van der Waals surface area contributed by atoms with Crippen molar-refractivity contribution in [1.82, 2.24) is 0 Å². The van der Waals surface area contributed by atoms with Crippen molar-refractivity contribution in [1.29, 1.82) is 0 Å². The summed E-state index contributed by atoms with van der Waals surface area (Å²) in [6.07, 6.45) is 0. The fourth-order valence-electron chi connectivity index (χ4n) is 0.142. The van der Waals surface area contributed by atoms with E-state index in [0.29, 0.717) is 11.5 Å². The fraction of sp³-hybridized carbons (Fsp3) is 0.500. The predicted octanol–water partition coefficient (Wildman–Crippen LogP) is 0.714. The number of rotatable bonds is 2. The van der Waals surface area contributed by atoms with Gasteiger partial charge in [0, 0.05) is 18.9 Å². The highest BCUT2D eigenvalue weighted by atomic mass is 32.1. The van der Waals surface area contributed by atoms with Crippen LogP contribution in [0.3, 0.4) is 0 Å². The molecule has 0 rings (SSSR count). The molecule has 2 heteroatoms. The molecule has 0 unspecified atom stereocenters. The summed E-state index contributed by atoms with van der Waals surface area (Å²) in [5, 5.41) is 0. The van der Waals surface area contributed by atoms with Gasteiger partial charge in [-0.15, -0.1) is 0 Å². The highest BCUT2D eigenvalue weighted by molar-refractivity contribution is 7.80. The minimum absolute atomic E-state index is 0.384. The van der Waals surface area contributed by atoms with Crippen LogP contribution in [0.5, 0.6) is 0 Å². The Morgan fingerprint density at radius 3 is 2.50 bits per heavy atom. The molecule has 0 fully saturated rings. The van der Waals surface area contributed by atoms with E-state index < -0.39 is 0 Å². The van der Waals surface area contributed by atoms with Crippen molar-refractivity contribution in [2.24, 2.45) is 0 Å².